The molecule has 6 heteroatoms. The van der Waals surface area contributed by atoms with Gasteiger partial charge in [-0.15, -0.1) is 0 Å². The Labute approximate surface area is 160 Å². The second-order valence-corrected chi connectivity index (χ2v) is 8.10. The van der Waals surface area contributed by atoms with Crippen LogP contribution < -0.4 is 14.6 Å². The van der Waals surface area contributed by atoms with Crippen LogP contribution in [0, 0.1) is 0 Å². The molecule has 0 saturated carbocycles. The van der Waals surface area contributed by atoms with Crippen LogP contribution in [0.25, 0.3) is 16.3 Å². The molecule has 0 unspecified atom stereocenters. The molecule has 2 heterocycles. The Kier molecular flexibility index (Phi) is 4.70. The molecule has 1 aliphatic heterocycles. The first-order valence-corrected chi connectivity index (χ1v) is 10.2. The van der Waals surface area contributed by atoms with Crippen LogP contribution in [-0.2, 0) is 11.3 Å². The van der Waals surface area contributed by atoms with E-state index in [1.165, 1.54) is 15.6 Å². The fourth-order valence-electron chi connectivity index (χ4n) is 3.19. The van der Waals surface area contributed by atoms with Gasteiger partial charge in [0.2, 0.25) is 5.52 Å². The Hall–Kier alpha value is -2.31. The maximum Gasteiger partial charge on any atom is 0.265 e. The van der Waals surface area contributed by atoms with Crippen molar-refractivity contribution in [1.29, 1.82) is 0 Å². The molecule has 0 radical (unpaired) electrons. The molecule has 4 rings (SSSR count). The maximum atomic E-state index is 11.0. The average molecular weight is 383 g/mol. The molecule has 26 heavy (non-hydrogen) atoms. The lowest BCUT2D eigenvalue weighted by atomic mass is 10.3. The predicted octanol–water partition coefficient (Wildman–Crippen LogP) is 3.26. The Balaban J connectivity index is 1.78. The molecule has 1 aromatic heterocycles. The molecule has 0 bridgehead atoms. The third-order valence-electron chi connectivity index (χ3n) is 4.38. The van der Waals surface area contributed by atoms with E-state index in [-0.39, 0.29) is 6.42 Å². The Morgan fingerprint density at radius 2 is 1.96 bits per heavy atom. The fraction of sp³-hybridized carbons (Fsp3) is 0.200. The first kappa shape index (κ1) is 17.1. The molecule has 0 aliphatic carbocycles. The number of carboxylic acid groups (broad SMARTS) is 1. The van der Waals surface area contributed by atoms with Crippen molar-refractivity contribution in [3.8, 4) is 0 Å². The molecule has 132 valence electrons. The van der Waals surface area contributed by atoms with Gasteiger partial charge < -0.3 is 14.8 Å². The van der Waals surface area contributed by atoms with Crippen molar-refractivity contribution in [2.75, 3.05) is 11.4 Å². The Bertz CT molecular complexity index is 1010. The van der Waals surface area contributed by atoms with E-state index in [9.17, 15) is 9.90 Å². The van der Waals surface area contributed by atoms with Crippen molar-refractivity contribution >= 4 is 51.0 Å². The number of carbonyl (C=O) groups excluding carboxylic acids is 1. The van der Waals surface area contributed by atoms with Gasteiger partial charge in [-0.1, -0.05) is 47.4 Å². The zero-order valence-electron chi connectivity index (χ0n) is 14.3. The van der Waals surface area contributed by atoms with Crippen LogP contribution >= 0.6 is 23.1 Å². The van der Waals surface area contributed by atoms with Crippen molar-refractivity contribution < 1.29 is 14.5 Å². The quantitative estimate of drug-likeness (QED) is 0.636. The number of thioether (sulfide) groups is 1. The van der Waals surface area contributed by atoms with Gasteiger partial charge in [0.05, 0.1) is 16.8 Å². The molecule has 0 spiro atoms. The van der Waals surface area contributed by atoms with Crippen molar-refractivity contribution in [2.24, 2.45) is 0 Å². The van der Waals surface area contributed by atoms with Crippen LogP contribution in [-0.4, -0.2) is 12.5 Å². The molecule has 0 amide bonds. The SMILES string of the molecule is CCN1C(=Cc2sc3ccccc3[n+]2CCC(=O)[O-])Sc2ccccc21. The van der Waals surface area contributed by atoms with Crippen LogP contribution in [0.2, 0.25) is 0 Å². The van der Waals surface area contributed by atoms with E-state index in [1.807, 2.05) is 18.2 Å². The van der Waals surface area contributed by atoms with Crippen molar-refractivity contribution in [2.45, 2.75) is 24.8 Å². The van der Waals surface area contributed by atoms with Gasteiger partial charge in [-0.2, -0.15) is 4.57 Å². The van der Waals surface area contributed by atoms with Crippen LogP contribution in [0.15, 0.2) is 58.5 Å². The number of fused-ring (bicyclic) bond motifs is 2. The minimum absolute atomic E-state index is 0.00638. The van der Waals surface area contributed by atoms with E-state index in [0.29, 0.717) is 6.54 Å². The van der Waals surface area contributed by atoms with Gasteiger partial charge in [-0.3, -0.25) is 0 Å². The number of carbonyl (C=O) groups is 1. The minimum atomic E-state index is -1.02. The second-order valence-electron chi connectivity index (χ2n) is 5.98. The lowest BCUT2D eigenvalue weighted by Crippen LogP contribution is -2.38. The topological polar surface area (TPSA) is 47.2 Å². The number of hydrogen-bond donors (Lipinski definition) is 0. The second kappa shape index (κ2) is 7.13. The average Bonchev–Trinajstić information content (AvgIpc) is 3.17. The van der Waals surface area contributed by atoms with Gasteiger partial charge in [-0.05, 0) is 25.1 Å². The molecule has 0 fully saturated rings. The van der Waals surface area contributed by atoms with E-state index >= 15 is 0 Å². The molecule has 0 N–H and O–H groups in total. The third-order valence-corrected chi connectivity index (χ3v) is 6.60. The monoisotopic (exact) mass is 382 g/mol. The molecule has 2 aromatic carbocycles. The first-order valence-electron chi connectivity index (χ1n) is 8.54. The van der Waals surface area contributed by atoms with Gasteiger partial charge in [0.25, 0.3) is 5.01 Å². The van der Waals surface area contributed by atoms with Gasteiger partial charge >= 0.3 is 0 Å². The largest absolute Gasteiger partial charge is 0.550 e. The summed E-state index contributed by atoms with van der Waals surface area (Å²) in [5.41, 5.74) is 2.29. The number of carboxylic acids is 1. The van der Waals surface area contributed by atoms with E-state index in [0.717, 1.165) is 21.8 Å². The maximum absolute atomic E-state index is 11.0. The standard InChI is InChI=1S/C20H18N2O2S2/c1-2-21-14-7-3-5-9-16(14)25-18(21)13-19-22(12-11-20(23)24)15-8-4-6-10-17(15)26-19/h3-10,13H,2,11-12H2,1H3. The summed E-state index contributed by atoms with van der Waals surface area (Å²) in [5.74, 6) is -1.02. The zero-order valence-corrected chi connectivity index (χ0v) is 16.0. The number of rotatable bonds is 5. The number of para-hydroxylation sites is 2. The van der Waals surface area contributed by atoms with Crippen molar-refractivity contribution in [3.05, 3.63) is 58.6 Å². The summed E-state index contributed by atoms with van der Waals surface area (Å²) in [7, 11) is 0. The van der Waals surface area contributed by atoms with Gasteiger partial charge in [-0.25, -0.2) is 0 Å². The Morgan fingerprint density at radius 3 is 2.77 bits per heavy atom. The molecule has 0 saturated heterocycles. The molecule has 1 aliphatic rings. The summed E-state index contributed by atoms with van der Waals surface area (Å²) in [4.78, 5) is 14.5. The Morgan fingerprint density at radius 1 is 1.19 bits per heavy atom. The van der Waals surface area contributed by atoms with Gasteiger partial charge in [0.1, 0.15) is 4.70 Å². The molecule has 3 aromatic rings. The number of aliphatic carboxylic acids is 1. The fourth-order valence-corrected chi connectivity index (χ4v) is 5.55. The molecular formula is C20H18N2O2S2. The highest BCUT2D eigenvalue weighted by atomic mass is 32.2. The zero-order chi connectivity index (χ0) is 18.1. The summed E-state index contributed by atoms with van der Waals surface area (Å²) < 4.78 is 3.24. The van der Waals surface area contributed by atoms with E-state index in [4.69, 9.17) is 0 Å². The lowest BCUT2D eigenvalue weighted by Gasteiger charge is -2.17. The lowest BCUT2D eigenvalue weighted by molar-refractivity contribution is -0.668. The number of anilines is 1. The molecule has 4 nitrogen and oxygen atoms in total. The van der Waals surface area contributed by atoms with Crippen LogP contribution in [0.4, 0.5) is 5.69 Å². The van der Waals surface area contributed by atoms with E-state index in [1.54, 1.807) is 23.1 Å². The van der Waals surface area contributed by atoms with Crippen LogP contribution in [0.5, 0.6) is 0 Å². The predicted molar refractivity (Wildman–Crippen MR) is 105 cm³/mol. The highest BCUT2D eigenvalue weighted by Crippen LogP contribution is 2.46. The van der Waals surface area contributed by atoms with Crippen LogP contribution in [0.1, 0.15) is 18.4 Å². The number of aryl methyl sites for hydroxylation is 1. The summed E-state index contributed by atoms with van der Waals surface area (Å²) in [6.07, 6.45) is 2.18. The highest BCUT2D eigenvalue weighted by Gasteiger charge is 2.26. The minimum Gasteiger partial charge on any atom is -0.550 e. The number of aromatic nitrogens is 1. The first-order chi connectivity index (χ1) is 12.7. The summed E-state index contributed by atoms with van der Waals surface area (Å²) in [6, 6.07) is 16.5. The summed E-state index contributed by atoms with van der Waals surface area (Å²) >= 11 is 3.45. The van der Waals surface area contributed by atoms with Gasteiger partial charge in [0.15, 0.2) is 6.54 Å². The van der Waals surface area contributed by atoms with E-state index < -0.39 is 5.97 Å². The third kappa shape index (κ3) is 3.10. The summed E-state index contributed by atoms with van der Waals surface area (Å²) in [6.45, 7) is 3.45. The highest BCUT2D eigenvalue weighted by molar-refractivity contribution is 8.03. The summed E-state index contributed by atoms with van der Waals surface area (Å²) in [5, 5.41) is 13.2. The number of benzene rings is 2. The number of nitrogens with zero attached hydrogens (tertiary/aromatic N) is 2. The normalized spacial score (nSPS) is 15.0. The van der Waals surface area contributed by atoms with Gasteiger partial charge in [0, 0.05) is 29.9 Å². The molecule has 0 atom stereocenters. The smallest absolute Gasteiger partial charge is 0.265 e. The van der Waals surface area contributed by atoms with Crippen molar-refractivity contribution in [3.63, 3.8) is 0 Å². The molecular weight excluding hydrogens is 364 g/mol. The van der Waals surface area contributed by atoms with Crippen LogP contribution in [0.3, 0.4) is 0 Å². The van der Waals surface area contributed by atoms with E-state index in [2.05, 4.69) is 52.8 Å². The van der Waals surface area contributed by atoms with Crippen molar-refractivity contribution in [1.82, 2.24) is 0 Å². The number of thiazole rings is 1. The number of hydrogen-bond acceptors (Lipinski definition) is 5.